The lowest BCUT2D eigenvalue weighted by Crippen LogP contribution is -2.10. The first-order valence-electron chi connectivity index (χ1n) is 5.61. The van der Waals surface area contributed by atoms with Gasteiger partial charge in [-0.2, -0.15) is 0 Å². The van der Waals surface area contributed by atoms with Gasteiger partial charge in [0, 0.05) is 18.2 Å². The van der Waals surface area contributed by atoms with Crippen molar-refractivity contribution in [2.24, 2.45) is 0 Å². The molecule has 0 aliphatic heterocycles. The summed E-state index contributed by atoms with van der Waals surface area (Å²) in [6.45, 7) is 1.44. The van der Waals surface area contributed by atoms with E-state index in [-0.39, 0.29) is 11.9 Å². The number of ether oxygens (including phenoxy) is 1. The molecule has 92 valence electrons. The van der Waals surface area contributed by atoms with E-state index in [4.69, 9.17) is 4.74 Å². The smallest absolute Gasteiger partial charge is 0.339 e. The van der Waals surface area contributed by atoms with Crippen molar-refractivity contribution in [2.45, 2.75) is 13.3 Å². The van der Waals surface area contributed by atoms with Crippen molar-refractivity contribution in [2.75, 3.05) is 5.32 Å². The van der Waals surface area contributed by atoms with Gasteiger partial charge in [0.05, 0.1) is 0 Å². The van der Waals surface area contributed by atoms with Crippen molar-refractivity contribution in [3.63, 3.8) is 0 Å². The van der Waals surface area contributed by atoms with E-state index >= 15 is 0 Å². The van der Waals surface area contributed by atoms with Crippen LogP contribution >= 0.6 is 0 Å². The largest absolute Gasteiger partial charge is 0.423 e. The molecule has 0 saturated heterocycles. The monoisotopic (exact) mass is 243 g/mol. The molecule has 0 spiro atoms. The Hall–Kier alpha value is -2.36. The summed E-state index contributed by atoms with van der Waals surface area (Å²) in [5.74, 6) is -0.0175. The average molecular weight is 243 g/mol. The van der Waals surface area contributed by atoms with Gasteiger partial charge in [0.2, 0.25) is 5.91 Å². The molecule has 0 bridgehead atoms. The third-order valence-corrected chi connectivity index (χ3v) is 2.42. The number of carbonyl (C=O) groups excluding carboxylic acids is 2. The van der Waals surface area contributed by atoms with E-state index in [2.05, 4.69) is 5.32 Å². The van der Waals surface area contributed by atoms with E-state index in [0.29, 0.717) is 23.4 Å². The Morgan fingerprint density at radius 2 is 1.94 bits per heavy atom. The van der Waals surface area contributed by atoms with Gasteiger partial charge in [-0.1, -0.05) is 18.2 Å². The quantitative estimate of drug-likeness (QED) is 0.655. The van der Waals surface area contributed by atoms with Crippen LogP contribution in [0.1, 0.15) is 13.3 Å². The summed E-state index contributed by atoms with van der Waals surface area (Å²) >= 11 is 0. The SMILES string of the molecule is CC(=O)Nc1ccc(OC(=O)C2=CC=CC2)cc1. The van der Waals surface area contributed by atoms with Gasteiger partial charge < -0.3 is 10.1 Å². The fourth-order valence-corrected chi connectivity index (χ4v) is 1.58. The van der Waals surface area contributed by atoms with Gasteiger partial charge in [0.1, 0.15) is 5.75 Å². The molecule has 0 saturated carbocycles. The molecule has 2 rings (SSSR count). The maximum absolute atomic E-state index is 11.7. The fourth-order valence-electron chi connectivity index (χ4n) is 1.58. The van der Waals surface area contributed by atoms with E-state index < -0.39 is 0 Å². The van der Waals surface area contributed by atoms with E-state index in [0.717, 1.165) is 0 Å². The normalized spacial score (nSPS) is 13.1. The van der Waals surface area contributed by atoms with Crippen LogP contribution in [0.4, 0.5) is 5.69 Å². The lowest BCUT2D eigenvalue weighted by molar-refractivity contribution is -0.130. The van der Waals surface area contributed by atoms with Crippen LogP contribution in [0.2, 0.25) is 0 Å². The first-order valence-corrected chi connectivity index (χ1v) is 5.61. The summed E-state index contributed by atoms with van der Waals surface area (Å²) in [6, 6.07) is 6.66. The standard InChI is InChI=1S/C14H13NO3/c1-10(16)15-12-6-8-13(9-7-12)18-14(17)11-4-2-3-5-11/h2-4,6-9H,5H2,1H3,(H,15,16). The third-order valence-electron chi connectivity index (χ3n) is 2.42. The number of hydrogen-bond acceptors (Lipinski definition) is 3. The van der Waals surface area contributed by atoms with Gasteiger partial charge in [-0.05, 0) is 30.7 Å². The summed E-state index contributed by atoms with van der Waals surface area (Å²) in [5.41, 5.74) is 1.31. The molecule has 0 aromatic heterocycles. The second kappa shape index (κ2) is 5.31. The van der Waals surface area contributed by atoms with Crippen LogP contribution in [-0.4, -0.2) is 11.9 Å². The zero-order valence-corrected chi connectivity index (χ0v) is 9.97. The van der Waals surface area contributed by atoms with Crippen LogP contribution in [0.15, 0.2) is 48.1 Å². The maximum Gasteiger partial charge on any atom is 0.339 e. The van der Waals surface area contributed by atoms with Crippen LogP contribution in [0, 0.1) is 0 Å². The number of allylic oxidation sites excluding steroid dienone is 3. The molecule has 1 N–H and O–H groups in total. The predicted molar refractivity (Wildman–Crippen MR) is 68.2 cm³/mol. The lowest BCUT2D eigenvalue weighted by Gasteiger charge is -2.06. The number of nitrogens with one attached hydrogen (secondary N) is 1. The van der Waals surface area contributed by atoms with E-state index in [1.165, 1.54) is 6.92 Å². The van der Waals surface area contributed by atoms with Crippen molar-refractivity contribution in [3.8, 4) is 5.75 Å². The summed E-state index contributed by atoms with van der Waals surface area (Å²) in [6.07, 6.45) is 6.09. The molecular weight excluding hydrogens is 230 g/mol. The minimum absolute atomic E-state index is 0.137. The number of esters is 1. The van der Waals surface area contributed by atoms with Crippen molar-refractivity contribution in [1.82, 2.24) is 0 Å². The predicted octanol–water partition coefficient (Wildman–Crippen LogP) is 2.44. The molecule has 0 heterocycles. The van der Waals surface area contributed by atoms with Crippen LogP contribution in [0.3, 0.4) is 0 Å². The number of anilines is 1. The average Bonchev–Trinajstić information content (AvgIpc) is 2.84. The van der Waals surface area contributed by atoms with E-state index in [9.17, 15) is 9.59 Å². The molecule has 1 aliphatic carbocycles. The van der Waals surface area contributed by atoms with Gasteiger partial charge in [0.15, 0.2) is 0 Å². The number of amides is 1. The minimum atomic E-state index is -0.340. The highest BCUT2D eigenvalue weighted by Crippen LogP contribution is 2.19. The molecule has 0 fully saturated rings. The Bertz CT molecular complexity index is 526. The Kier molecular flexibility index (Phi) is 3.57. The highest BCUT2D eigenvalue weighted by atomic mass is 16.5. The molecule has 1 amide bonds. The molecule has 1 aromatic carbocycles. The van der Waals surface area contributed by atoms with E-state index in [1.807, 2.05) is 12.2 Å². The first-order chi connectivity index (χ1) is 8.65. The Balaban J connectivity index is 1.97. The lowest BCUT2D eigenvalue weighted by atomic mass is 10.2. The first kappa shape index (κ1) is 12.1. The van der Waals surface area contributed by atoms with Crippen molar-refractivity contribution in [1.29, 1.82) is 0 Å². The second-order valence-corrected chi connectivity index (χ2v) is 3.92. The van der Waals surface area contributed by atoms with Crippen LogP contribution in [-0.2, 0) is 9.59 Å². The molecule has 4 nitrogen and oxygen atoms in total. The number of carbonyl (C=O) groups is 2. The molecule has 0 unspecified atom stereocenters. The minimum Gasteiger partial charge on any atom is -0.423 e. The summed E-state index contributed by atoms with van der Waals surface area (Å²) in [5, 5.41) is 2.64. The Labute approximate surface area is 105 Å². The topological polar surface area (TPSA) is 55.4 Å². The van der Waals surface area contributed by atoms with Gasteiger partial charge in [-0.25, -0.2) is 4.79 Å². The summed E-state index contributed by atoms with van der Waals surface area (Å²) in [7, 11) is 0. The molecule has 0 atom stereocenters. The number of benzene rings is 1. The Morgan fingerprint density at radius 1 is 1.22 bits per heavy atom. The van der Waals surface area contributed by atoms with Crippen molar-refractivity contribution < 1.29 is 14.3 Å². The zero-order valence-electron chi connectivity index (χ0n) is 9.97. The van der Waals surface area contributed by atoms with Crippen LogP contribution < -0.4 is 10.1 Å². The zero-order chi connectivity index (χ0) is 13.0. The fraction of sp³-hybridized carbons (Fsp3) is 0.143. The van der Waals surface area contributed by atoms with E-state index in [1.54, 1.807) is 30.3 Å². The third kappa shape index (κ3) is 3.07. The number of rotatable bonds is 3. The van der Waals surface area contributed by atoms with Gasteiger partial charge in [-0.3, -0.25) is 4.79 Å². The number of hydrogen-bond donors (Lipinski definition) is 1. The molecular formula is C14H13NO3. The molecule has 18 heavy (non-hydrogen) atoms. The summed E-state index contributed by atoms with van der Waals surface area (Å²) in [4.78, 5) is 22.5. The highest BCUT2D eigenvalue weighted by Gasteiger charge is 2.12. The van der Waals surface area contributed by atoms with Crippen LogP contribution in [0.25, 0.3) is 0 Å². The van der Waals surface area contributed by atoms with Crippen LogP contribution in [0.5, 0.6) is 5.75 Å². The van der Waals surface area contributed by atoms with Gasteiger partial charge in [-0.15, -0.1) is 0 Å². The second-order valence-electron chi connectivity index (χ2n) is 3.92. The van der Waals surface area contributed by atoms with Crippen molar-refractivity contribution >= 4 is 17.6 Å². The van der Waals surface area contributed by atoms with Crippen molar-refractivity contribution in [3.05, 3.63) is 48.1 Å². The van der Waals surface area contributed by atoms with Gasteiger partial charge in [0.25, 0.3) is 0 Å². The molecule has 4 heteroatoms. The molecule has 1 aromatic rings. The highest BCUT2D eigenvalue weighted by molar-refractivity contribution is 5.92. The molecule has 0 radical (unpaired) electrons. The molecule has 1 aliphatic rings. The summed E-state index contributed by atoms with van der Waals surface area (Å²) < 4.78 is 5.20. The Morgan fingerprint density at radius 3 is 2.50 bits per heavy atom. The maximum atomic E-state index is 11.7. The van der Waals surface area contributed by atoms with Gasteiger partial charge >= 0.3 is 5.97 Å².